The molecule has 4 heteroatoms. The molecule has 0 aliphatic rings. The summed E-state index contributed by atoms with van der Waals surface area (Å²) in [7, 11) is 0. The van der Waals surface area contributed by atoms with Gasteiger partial charge in [0.15, 0.2) is 0 Å². The number of rotatable bonds is 4. The van der Waals surface area contributed by atoms with Crippen LogP contribution >= 0.6 is 0 Å². The lowest BCUT2D eigenvalue weighted by atomic mass is 10.1. The van der Waals surface area contributed by atoms with E-state index in [0.29, 0.717) is 5.69 Å². The molecule has 0 fully saturated rings. The Morgan fingerprint density at radius 1 is 1.35 bits per heavy atom. The molecule has 0 atom stereocenters. The molecule has 0 radical (unpaired) electrons. The van der Waals surface area contributed by atoms with Crippen molar-refractivity contribution in [1.29, 1.82) is 0 Å². The Kier molecular flexibility index (Phi) is 3.86. The van der Waals surface area contributed by atoms with Gasteiger partial charge in [0, 0.05) is 17.4 Å². The summed E-state index contributed by atoms with van der Waals surface area (Å²) in [4.78, 5) is 12.5. The maximum Gasteiger partial charge on any atom is 0.268 e. The van der Waals surface area contributed by atoms with Crippen molar-refractivity contribution in [1.82, 2.24) is 9.88 Å². The number of para-hydroxylation sites is 1. The van der Waals surface area contributed by atoms with Crippen molar-refractivity contribution in [3.63, 3.8) is 0 Å². The van der Waals surface area contributed by atoms with E-state index in [4.69, 9.17) is 0 Å². The van der Waals surface area contributed by atoms with Gasteiger partial charge in [-0.05, 0) is 39.3 Å². The smallest absolute Gasteiger partial charge is 0.268 e. The van der Waals surface area contributed by atoms with E-state index < -0.39 is 5.54 Å². The summed E-state index contributed by atoms with van der Waals surface area (Å²) in [6.07, 6.45) is 0. The largest absolute Gasteiger partial charge is 0.394 e. The van der Waals surface area contributed by atoms with E-state index in [-0.39, 0.29) is 12.5 Å². The Bertz CT molecular complexity index is 641. The van der Waals surface area contributed by atoms with Crippen molar-refractivity contribution in [2.45, 2.75) is 39.8 Å². The van der Waals surface area contributed by atoms with Gasteiger partial charge >= 0.3 is 0 Å². The number of hydrogen-bond acceptors (Lipinski definition) is 2. The average molecular weight is 274 g/mol. The minimum atomic E-state index is -0.626. The highest BCUT2D eigenvalue weighted by Crippen LogP contribution is 2.25. The average Bonchev–Trinajstić information content (AvgIpc) is 2.71. The molecule has 2 N–H and O–H groups in total. The first-order valence-corrected chi connectivity index (χ1v) is 6.92. The second-order valence-corrected chi connectivity index (χ2v) is 5.73. The lowest BCUT2D eigenvalue weighted by Crippen LogP contribution is -2.47. The number of aromatic nitrogens is 1. The van der Waals surface area contributed by atoms with Crippen LogP contribution in [0.15, 0.2) is 24.3 Å². The van der Waals surface area contributed by atoms with Gasteiger partial charge in [0.25, 0.3) is 5.91 Å². The van der Waals surface area contributed by atoms with Crippen molar-refractivity contribution in [3.8, 4) is 0 Å². The summed E-state index contributed by atoms with van der Waals surface area (Å²) in [6.45, 7) is 8.24. The third-order valence-corrected chi connectivity index (χ3v) is 3.60. The molecule has 4 nitrogen and oxygen atoms in total. The van der Waals surface area contributed by atoms with Crippen molar-refractivity contribution >= 4 is 16.8 Å². The first-order valence-electron chi connectivity index (χ1n) is 6.92. The molecule has 0 spiro atoms. The fourth-order valence-corrected chi connectivity index (χ4v) is 2.50. The lowest BCUT2D eigenvalue weighted by Gasteiger charge is -2.24. The van der Waals surface area contributed by atoms with Crippen molar-refractivity contribution in [2.24, 2.45) is 0 Å². The van der Waals surface area contributed by atoms with Gasteiger partial charge in [-0.1, -0.05) is 18.2 Å². The second kappa shape index (κ2) is 5.29. The van der Waals surface area contributed by atoms with Crippen LogP contribution in [0.5, 0.6) is 0 Å². The van der Waals surface area contributed by atoms with Crippen molar-refractivity contribution in [3.05, 3.63) is 35.5 Å². The van der Waals surface area contributed by atoms with Gasteiger partial charge in [0.05, 0.1) is 12.1 Å². The van der Waals surface area contributed by atoms with Gasteiger partial charge in [0.2, 0.25) is 0 Å². The molecule has 2 rings (SSSR count). The third kappa shape index (κ3) is 2.43. The molecule has 0 aliphatic heterocycles. The zero-order chi connectivity index (χ0) is 14.9. The predicted octanol–water partition coefficient (Wildman–Crippen LogP) is 2.47. The Balaban J connectivity index is 2.54. The highest BCUT2D eigenvalue weighted by Gasteiger charge is 2.24. The number of amides is 1. The number of aliphatic hydroxyl groups is 1. The molecule has 0 unspecified atom stereocenters. The molecular weight excluding hydrogens is 252 g/mol. The topological polar surface area (TPSA) is 54.3 Å². The van der Waals surface area contributed by atoms with Crippen LogP contribution in [0.2, 0.25) is 0 Å². The zero-order valence-corrected chi connectivity index (χ0v) is 12.5. The summed E-state index contributed by atoms with van der Waals surface area (Å²) in [5.74, 6) is -0.139. The molecule has 1 heterocycles. The summed E-state index contributed by atoms with van der Waals surface area (Å²) in [5, 5.41) is 13.3. The second-order valence-electron chi connectivity index (χ2n) is 5.73. The van der Waals surface area contributed by atoms with Crippen LogP contribution in [0.25, 0.3) is 10.9 Å². The van der Waals surface area contributed by atoms with Crippen LogP contribution < -0.4 is 5.32 Å². The third-order valence-electron chi connectivity index (χ3n) is 3.60. The summed E-state index contributed by atoms with van der Waals surface area (Å²) in [5.41, 5.74) is 2.10. The van der Waals surface area contributed by atoms with E-state index in [1.165, 1.54) is 0 Å². The quantitative estimate of drug-likeness (QED) is 0.900. The molecule has 0 saturated heterocycles. The molecular formula is C16H22N2O2. The summed E-state index contributed by atoms with van der Waals surface area (Å²) in [6, 6.07) is 8.02. The summed E-state index contributed by atoms with van der Waals surface area (Å²) < 4.78 is 2.02. The Morgan fingerprint density at radius 3 is 2.60 bits per heavy atom. The molecule has 2 aromatic rings. The van der Waals surface area contributed by atoms with Crippen LogP contribution in [0, 0.1) is 6.92 Å². The Hall–Kier alpha value is -1.81. The maximum absolute atomic E-state index is 12.5. The molecule has 0 aliphatic carbocycles. The van der Waals surface area contributed by atoms with Crippen LogP contribution in [0.3, 0.4) is 0 Å². The summed E-state index contributed by atoms with van der Waals surface area (Å²) >= 11 is 0. The van der Waals surface area contributed by atoms with Crippen molar-refractivity contribution < 1.29 is 9.90 Å². The number of benzene rings is 1. The van der Waals surface area contributed by atoms with Crippen LogP contribution in [0.1, 0.15) is 36.8 Å². The molecule has 1 aromatic heterocycles. The monoisotopic (exact) mass is 274 g/mol. The molecule has 108 valence electrons. The normalized spacial score (nSPS) is 11.8. The van der Waals surface area contributed by atoms with Crippen molar-refractivity contribution in [2.75, 3.05) is 6.61 Å². The predicted molar refractivity (Wildman–Crippen MR) is 81.0 cm³/mol. The number of nitrogens with one attached hydrogen (secondary N) is 1. The maximum atomic E-state index is 12.5. The van der Waals surface area contributed by atoms with Gasteiger partial charge in [-0.3, -0.25) is 4.79 Å². The molecule has 20 heavy (non-hydrogen) atoms. The highest BCUT2D eigenvalue weighted by molar-refractivity contribution is 6.01. The standard InChI is InChI=1S/C16H22N2O2/c1-5-18-13-9-7-6-8-12(13)11(2)14(18)15(20)17-16(3,4)10-19/h6-9,19H,5,10H2,1-4H3,(H,17,20). The molecule has 1 aromatic carbocycles. The number of aryl methyl sites for hydroxylation is 2. The first kappa shape index (κ1) is 14.6. The van der Waals surface area contributed by atoms with Gasteiger partial charge in [0.1, 0.15) is 5.69 Å². The van der Waals surface area contributed by atoms with Gasteiger partial charge in [-0.15, -0.1) is 0 Å². The SMILES string of the molecule is CCn1c(C(=O)NC(C)(C)CO)c(C)c2ccccc21. The molecule has 1 amide bonds. The zero-order valence-electron chi connectivity index (χ0n) is 12.5. The fraction of sp³-hybridized carbons (Fsp3) is 0.438. The number of fused-ring (bicyclic) bond motifs is 1. The van der Waals surface area contributed by atoms with E-state index in [1.54, 1.807) is 13.8 Å². The Labute approximate surface area is 119 Å². The minimum Gasteiger partial charge on any atom is -0.394 e. The van der Waals surface area contributed by atoms with E-state index in [2.05, 4.69) is 5.32 Å². The lowest BCUT2D eigenvalue weighted by molar-refractivity contribution is 0.0860. The molecule has 0 bridgehead atoms. The van der Waals surface area contributed by atoms with Gasteiger partial charge in [-0.2, -0.15) is 0 Å². The first-order chi connectivity index (χ1) is 9.41. The van der Waals surface area contributed by atoms with E-state index in [0.717, 1.165) is 23.0 Å². The van der Waals surface area contributed by atoms with Gasteiger partial charge < -0.3 is 15.0 Å². The van der Waals surface area contributed by atoms with Crippen LogP contribution in [-0.2, 0) is 6.54 Å². The van der Waals surface area contributed by atoms with Gasteiger partial charge in [-0.25, -0.2) is 0 Å². The van der Waals surface area contributed by atoms with Crippen LogP contribution in [0.4, 0.5) is 0 Å². The minimum absolute atomic E-state index is 0.0931. The Morgan fingerprint density at radius 2 is 2.00 bits per heavy atom. The number of hydrogen-bond donors (Lipinski definition) is 2. The number of nitrogens with zero attached hydrogens (tertiary/aromatic N) is 1. The number of carbonyl (C=O) groups is 1. The van der Waals surface area contributed by atoms with E-state index in [1.807, 2.05) is 42.7 Å². The van der Waals surface area contributed by atoms with E-state index in [9.17, 15) is 9.90 Å². The fourth-order valence-electron chi connectivity index (χ4n) is 2.50. The number of carbonyl (C=O) groups excluding carboxylic acids is 1. The highest BCUT2D eigenvalue weighted by atomic mass is 16.3. The van der Waals surface area contributed by atoms with Crippen LogP contribution in [-0.4, -0.2) is 27.7 Å². The molecule has 0 saturated carbocycles. The number of aliphatic hydroxyl groups excluding tert-OH is 1. The van der Waals surface area contributed by atoms with E-state index >= 15 is 0 Å².